The van der Waals surface area contributed by atoms with Gasteiger partial charge in [0.05, 0.1) is 7.11 Å². The van der Waals surface area contributed by atoms with Crippen molar-refractivity contribution in [2.45, 2.75) is 30.9 Å². The minimum atomic E-state index is -3.77. The standard InChI is InChI=1S/C12H18N2O5S/c1-8-10(12(15)18-2)6-11(19-8)20(16,17)14-9-4-3-5-13-7-9/h6,9,13-14H,3-5,7H2,1-2H3. The first-order valence-corrected chi connectivity index (χ1v) is 7.84. The summed E-state index contributed by atoms with van der Waals surface area (Å²) in [7, 11) is -2.54. The summed E-state index contributed by atoms with van der Waals surface area (Å²) in [4.78, 5) is 11.5. The maximum Gasteiger partial charge on any atom is 0.341 e. The van der Waals surface area contributed by atoms with Crippen molar-refractivity contribution in [3.05, 3.63) is 17.4 Å². The summed E-state index contributed by atoms with van der Waals surface area (Å²) < 4.78 is 36.7. The SMILES string of the molecule is COC(=O)c1cc(S(=O)(=O)NC2CCCNC2)oc1C. The van der Waals surface area contributed by atoms with Crippen molar-refractivity contribution in [2.75, 3.05) is 20.2 Å². The predicted octanol–water partition coefficient (Wildman–Crippen LogP) is 0.405. The van der Waals surface area contributed by atoms with E-state index in [4.69, 9.17) is 4.42 Å². The van der Waals surface area contributed by atoms with Crippen LogP contribution in [0.5, 0.6) is 0 Å². The highest BCUT2D eigenvalue weighted by atomic mass is 32.2. The highest BCUT2D eigenvalue weighted by Crippen LogP contribution is 2.20. The average Bonchev–Trinajstić information content (AvgIpc) is 2.81. The van der Waals surface area contributed by atoms with Crippen LogP contribution in [-0.4, -0.2) is 40.6 Å². The molecule has 1 aromatic heterocycles. The Morgan fingerprint density at radius 1 is 1.55 bits per heavy atom. The second kappa shape index (κ2) is 5.94. The van der Waals surface area contributed by atoms with Crippen LogP contribution < -0.4 is 10.0 Å². The third-order valence-corrected chi connectivity index (χ3v) is 4.56. The van der Waals surface area contributed by atoms with Gasteiger partial charge in [0.1, 0.15) is 11.3 Å². The van der Waals surface area contributed by atoms with Crippen LogP contribution in [-0.2, 0) is 14.8 Å². The molecule has 0 radical (unpaired) electrons. The zero-order valence-electron chi connectivity index (χ0n) is 11.4. The third kappa shape index (κ3) is 3.20. The van der Waals surface area contributed by atoms with E-state index < -0.39 is 16.0 Å². The number of carbonyl (C=O) groups is 1. The molecule has 7 nitrogen and oxygen atoms in total. The number of esters is 1. The molecule has 1 aliphatic heterocycles. The smallest absolute Gasteiger partial charge is 0.341 e. The molecule has 112 valence electrons. The van der Waals surface area contributed by atoms with E-state index in [0.29, 0.717) is 6.54 Å². The van der Waals surface area contributed by atoms with Crippen molar-refractivity contribution in [1.82, 2.24) is 10.0 Å². The maximum atomic E-state index is 12.2. The minimum Gasteiger partial charge on any atom is -0.465 e. The first kappa shape index (κ1) is 15.0. The molecule has 0 aromatic carbocycles. The highest BCUT2D eigenvalue weighted by Gasteiger charge is 2.27. The van der Waals surface area contributed by atoms with Gasteiger partial charge in [0.15, 0.2) is 0 Å². The van der Waals surface area contributed by atoms with Crippen molar-refractivity contribution in [3.8, 4) is 0 Å². The fourth-order valence-electron chi connectivity index (χ4n) is 2.13. The zero-order chi connectivity index (χ0) is 14.8. The quantitative estimate of drug-likeness (QED) is 0.782. The van der Waals surface area contributed by atoms with E-state index in [1.54, 1.807) is 0 Å². The van der Waals surface area contributed by atoms with Gasteiger partial charge in [-0.2, -0.15) is 0 Å². The van der Waals surface area contributed by atoms with Crippen LogP contribution in [0, 0.1) is 6.92 Å². The van der Waals surface area contributed by atoms with Crippen molar-refractivity contribution in [3.63, 3.8) is 0 Å². The van der Waals surface area contributed by atoms with Crippen LogP contribution in [0.1, 0.15) is 29.0 Å². The Kier molecular flexibility index (Phi) is 4.46. The average molecular weight is 302 g/mol. The van der Waals surface area contributed by atoms with Crippen LogP contribution in [0.3, 0.4) is 0 Å². The Morgan fingerprint density at radius 3 is 2.90 bits per heavy atom. The lowest BCUT2D eigenvalue weighted by atomic mass is 10.1. The van der Waals surface area contributed by atoms with Crippen LogP contribution in [0.15, 0.2) is 15.6 Å². The summed E-state index contributed by atoms with van der Waals surface area (Å²) in [5.41, 5.74) is 0.120. The monoisotopic (exact) mass is 302 g/mol. The third-order valence-electron chi connectivity index (χ3n) is 3.18. The molecule has 2 N–H and O–H groups in total. The largest absolute Gasteiger partial charge is 0.465 e. The van der Waals surface area contributed by atoms with Crippen LogP contribution in [0.2, 0.25) is 0 Å². The molecule has 8 heteroatoms. The number of methoxy groups -OCH3 is 1. The molecule has 0 saturated carbocycles. The Bertz CT molecular complexity index is 587. The molecule has 1 unspecified atom stereocenters. The Labute approximate surface area is 117 Å². The van der Waals surface area contributed by atoms with E-state index in [-0.39, 0.29) is 22.5 Å². The van der Waals surface area contributed by atoms with Crippen molar-refractivity contribution >= 4 is 16.0 Å². The number of hydrogen-bond donors (Lipinski definition) is 2. The number of sulfonamides is 1. The lowest BCUT2D eigenvalue weighted by molar-refractivity contribution is 0.0599. The fraction of sp³-hybridized carbons (Fsp3) is 0.583. The van der Waals surface area contributed by atoms with E-state index in [0.717, 1.165) is 19.4 Å². The number of rotatable bonds is 4. The Hall–Kier alpha value is -1.38. The molecule has 20 heavy (non-hydrogen) atoms. The molecule has 2 rings (SSSR count). The molecule has 1 aromatic rings. The molecule has 1 saturated heterocycles. The number of nitrogens with one attached hydrogen (secondary N) is 2. The van der Waals surface area contributed by atoms with E-state index in [2.05, 4.69) is 14.8 Å². The molecular weight excluding hydrogens is 284 g/mol. The van der Waals surface area contributed by atoms with Crippen LogP contribution in [0.25, 0.3) is 0 Å². The predicted molar refractivity (Wildman–Crippen MR) is 71.0 cm³/mol. The Morgan fingerprint density at radius 2 is 2.30 bits per heavy atom. The number of furan rings is 1. The lowest BCUT2D eigenvalue weighted by Gasteiger charge is -2.22. The summed E-state index contributed by atoms with van der Waals surface area (Å²) in [6.45, 7) is 3.00. The van der Waals surface area contributed by atoms with E-state index in [9.17, 15) is 13.2 Å². The molecule has 0 spiro atoms. The normalized spacial score (nSPS) is 19.8. The van der Waals surface area contributed by atoms with Crippen LogP contribution in [0.4, 0.5) is 0 Å². The molecule has 0 aliphatic carbocycles. The molecule has 2 heterocycles. The highest BCUT2D eigenvalue weighted by molar-refractivity contribution is 7.89. The van der Waals surface area contributed by atoms with Crippen molar-refractivity contribution in [1.29, 1.82) is 0 Å². The van der Waals surface area contributed by atoms with Gasteiger partial charge < -0.3 is 14.5 Å². The van der Waals surface area contributed by atoms with Gasteiger partial charge in [0.25, 0.3) is 10.0 Å². The first-order valence-electron chi connectivity index (χ1n) is 6.36. The number of hydrogen-bond acceptors (Lipinski definition) is 6. The fourth-order valence-corrected chi connectivity index (χ4v) is 3.39. The second-order valence-corrected chi connectivity index (χ2v) is 6.34. The summed E-state index contributed by atoms with van der Waals surface area (Å²) >= 11 is 0. The number of aryl methyl sites for hydroxylation is 1. The second-order valence-electron chi connectivity index (χ2n) is 4.69. The maximum absolute atomic E-state index is 12.2. The molecule has 1 atom stereocenters. The summed E-state index contributed by atoms with van der Waals surface area (Å²) in [5, 5.41) is 2.86. The number of piperidine rings is 1. The first-order chi connectivity index (χ1) is 9.44. The van der Waals surface area contributed by atoms with E-state index >= 15 is 0 Å². The molecule has 0 bridgehead atoms. The molecular formula is C12H18N2O5S. The van der Waals surface area contributed by atoms with Gasteiger partial charge in [-0.3, -0.25) is 0 Å². The van der Waals surface area contributed by atoms with Gasteiger partial charge in [-0.1, -0.05) is 0 Å². The van der Waals surface area contributed by atoms with Gasteiger partial charge >= 0.3 is 5.97 Å². The van der Waals surface area contributed by atoms with Gasteiger partial charge in [-0.15, -0.1) is 0 Å². The summed E-state index contributed by atoms with van der Waals surface area (Å²) in [6.07, 6.45) is 1.69. The van der Waals surface area contributed by atoms with Gasteiger partial charge in [-0.05, 0) is 26.3 Å². The minimum absolute atomic E-state index is 0.120. The number of ether oxygens (including phenoxy) is 1. The van der Waals surface area contributed by atoms with Gasteiger partial charge in [-0.25, -0.2) is 17.9 Å². The molecule has 0 amide bonds. The topological polar surface area (TPSA) is 97.6 Å². The van der Waals surface area contributed by atoms with Gasteiger partial charge in [0, 0.05) is 18.7 Å². The van der Waals surface area contributed by atoms with Gasteiger partial charge in [0.2, 0.25) is 5.09 Å². The van der Waals surface area contributed by atoms with E-state index in [1.807, 2.05) is 0 Å². The molecule has 1 aliphatic rings. The summed E-state index contributed by atoms with van der Waals surface area (Å²) in [5.74, 6) is -0.397. The van der Waals surface area contributed by atoms with Crippen LogP contribution >= 0.6 is 0 Å². The van der Waals surface area contributed by atoms with Crippen molar-refractivity contribution in [2.24, 2.45) is 0 Å². The Balaban J connectivity index is 2.19. The lowest BCUT2D eigenvalue weighted by Crippen LogP contribution is -2.45. The zero-order valence-corrected chi connectivity index (χ0v) is 12.2. The van der Waals surface area contributed by atoms with Crippen molar-refractivity contribution < 1.29 is 22.4 Å². The number of carbonyl (C=O) groups excluding carboxylic acids is 1. The van der Waals surface area contributed by atoms with E-state index in [1.165, 1.54) is 20.1 Å². The summed E-state index contributed by atoms with van der Waals surface area (Å²) in [6, 6.07) is 1.03. The molecule has 1 fully saturated rings.